The summed E-state index contributed by atoms with van der Waals surface area (Å²) in [5, 5.41) is 8.41. The molecule has 1 fully saturated rings. The second-order valence-corrected chi connectivity index (χ2v) is 14.5. The summed E-state index contributed by atoms with van der Waals surface area (Å²) in [6.07, 6.45) is 27.2. The van der Waals surface area contributed by atoms with Gasteiger partial charge in [-0.05, 0) is 59.0 Å². The molecule has 0 aliphatic carbocycles. The Kier molecular flexibility index (Phi) is 26.6. The molecule has 1 aromatic rings. The molecule has 0 amide bonds. The zero-order valence-electron chi connectivity index (χ0n) is 32.5. The lowest BCUT2D eigenvalue weighted by atomic mass is 10.0. The molecule has 3 unspecified atom stereocenters. The van der Waals surface area contributed by atoms with Gasteiger partial charge in [-0.15, -0.1) is 0 Å². The zero-order valence-corrected chi connectivity index (χ0v) is 32.5. The third-order valence-corrected chi connectivity index (χ3v) is 9.40. The highest BCUT2D eigenvalue weighted by Crippen LogP contribution is 2.27. The Morgan fingerprint density at radius 1 is 0.800 bits per heavy atom. The van der Waals surface area contributed by atoms with Crippen molar-refractivity contribution in [3.05, 3.63) is 33.1 Å². The van der Waals surface area contributed by atoms with E-state index in [-0.39, 0.29) is 18.8 Å². The number of ether oxygens (including phenoxy) is 2. The molecule has 1 aromatic heterocycles. The van der Waals surface area contributed by atoms with Crippen molar-refractivity contribution in [1.82, 2.24) is 14.0 Å². The maximum Gasteiger partial charge on any atom is 0.333 e. The van der Waals surface area contributed by atoms with Gasteiger partial charge in [0.15, 0.2) is 0 Å². The Morgan fingerprint density at radius 2 is 1.30 bits per heavy atom. The molecule has 0 aromatic carbocycles. The number of aliphatic carboxylic acids is 1. The summed E-state index contributed by atoms with van der Waals surface area (Å²) < 4.78 is 14.3. The zero-order chi connectivity index (χ0) is 37.0. The summed E-state index contributed by atoms with van der Waals surface area (Å²) in [5.74, 6) is -1.18. The first-order valence-electron chi connectivity index (χ1n) is 20.2. The van der Waals surface area contributed by atoms with E-state index in [0.29, 0.717) is 12.8 Å². The fourth-order valence-electron chi connectivity index (χ4n) is 6.48. The molecule has 10 heteroatoms. The molecule has 1 saturated heterocycles. The molecule has 10 nitrogen and oxygen atoms in total. The van der Waals surface area contributed by atoms with Gasteiger partial charge in [-0.1, -0.05) is 124 Å². The van der Waals surface area contributed by atoms with Crippen molar-refractivity contribution < 1.29 is 24.2 Å². The van der Waals surface area contributed by atoms with Crippen LogP contribution >= 0.6 is 0 Å². The van der Waals surface area contributed by atoms with E-state index in [1.54, 1.807) is 0 Å². The van der Waals surface area contributed by atoms with E-state index in [1.165, 1.54) is 93.9 Å². The van der Waals surface area contributed by atoms with Crippen molar-refractivity contribution in [2.75, 3.05) is 20.6 Å². The summed E-state index contributed by atoms with van der Waals surface area (Å²) in [7, 11) is 3.97. The Labute approximate surface area is 303 Å². The van der Waals surface area contributed by atoms with Gasteiger partial charge >= 0.3 is 17.6 Å². The van der Waals surface area contributed by atoms with E-state index >= 15 is 0 Å². The Balaban J connectivity index is 0.000000751. The van der Waals surface area contributed by atoms with Crippen molar-refractivity contribution in [2.45, 2.75) is 200 Å². The number of aromatic nitrogens is 2. The molecule has 0 spiro atoms. The minimum Gasteiger partial charge on any atom is -0.481 e. The molecule has 2 rings (SSSR count). The molecular formula is C40H73N3O7. The van der Waals surface area contributed by atoms with Crippen molar-refractivity contribution in [3.8, 4) is 0 Å². The quantitative estimate of drug-likeness (QED) is 0.0678. The van der Waals surface area contributed by atoms with Gasteiger partial charge in [-0.2, -0.15) is 0 Å². The summed E-state index contributed by atoms with van der Waals surface area (Å²) in [6, 6.07) is 1.33. The third kappa shape index (κ3) is 21.7. The van der Waals surface area contributed by atoms with Crippen molar-refractivity contribution >= 4 is 11.9 Å². The molecule has 1 N–H and O–H groups in total. The fourth-order valence-corrected chi connectivity index (χ4v) is 6.48. The van der Waals surface area contributed by atoms with Crippen LogP contribution in [0.1, 0.15) is 181 Å². The SMILES string of the molecule is CCCCCCCCC(CCCCCC)OC(=O)Cn1c(=O)ccn(C2CCC(CN(C)C)O2)c1=O.CCCCCCCCCCCC(=O)O. The van der Waals surface area contributed by atoms with Crippen LogP contribution in [0.15, 0.2) is 21.9 Å². The number of hydrogen-bond donors (Lipinski definition) is 1. The van der Waals surface area contributed by atoms with E-state index in [9.17, 15) is 19.2 Å². The number of carboxylic acids is 1. The maximum atomic E-state index is 13.1. The van der Waals surface area contributed by atoms with Gasteiger partial charge in [0.25, 0.3) is 5.56 Å². The number of unbranched alkanes of at least 4 members (excludes halogenated alkanes) is 16. The first-order chi connectivity index (χ1) is 24.1. The highest BCUT2D eigenvalue weighted by Gasteiger charge is 2.28. The van der Waals surface area contributed by atoms with Gasteiger partial charge < -0.3 is 19.5 Å². The standard InChI is InChI=1S/C28H49N3O5.C12H24O2/c1-5-7-9-11-12-14-16-23(15-13-10-8-6-2)36-27(33)22-31-25(32)19-20-30(28(31)34)26-18-17-24(35-26)21-29(3)4;1-2-3-4-5-6-7-8-9-10-11-12(13)14/h19-20,23-24,26H,5-18,21-22H2,1-4H3;2-11H2,1H3,(H,13,14). The smallest absolute Gasteiger partial charge is 0.333 e. The Bertz CT molecular complexity index is 1130. The highest BCUT2D eigenvalue weighted by molar-refractivity contribution is 5.69. The number of likely N-dealkylation sites (N-methyl/N-ethyl adjacent to an activating group) is 1. The lowest BCUT2D eigenvalue weighted by Gasteiger charge is -2.20. The molecular weight excluding hydrogens is 634 g/mol. The van der Waals surface area contributed by atoms with E-state index < -0.39 is 29.4 Å². The van der Waals surface area contributed by atoms with E-state index in [1.807, 2.05) is 14.1 Å². The third-order valence-electron chi connectivity index (χ3n) is 9.40. The molecule has 1 aliphatic rings. The number of carboxylic acid groups (broad SMARTS) is 1. The summed E-state index contributed by atoms with van der Waals surface area (Å²) in [4.78, 5) is 50.7. The lowest BCUT2D eigenvalue weighted by molar-refractivity contribution is -0.150. The molecule has 1 aliphatic heterocycles. The van der Waals surface area contributed by atoms with Crippen LogP contribution in [-0.2, 0) is 25.6 Å². The maximum absolute atomic E-state index is 13.1. The van der Waals surface area contributed by atoms with Gasteiger partial charge in [0.2, 0.25) is 0 Å². The summed E-state index contributed by atoms with van der Waals surface area (Å²) >= 11 is 0. The molecule has 290 valence electrons. The molecule has 50 heavy (non-hydrogen) atoms. The van der Waals surface area contributed by atoms with Gasteiger partial charge in [-0.25, -0.2) is 9.36 Å². The Hall–Kier alpha value is -2.46. The van der Waals surface area contributed by atoms with Crippen LogP contribution in [0.4, 0.5) is 0 Å². The van der Waals surface area contributed by atoms with E-state index in [2.05, 4.69) is 25.7 Å². The van der Waals surface area contributed by atoms with Crippen LogP contribution in [0.25, 0.3) is 0 Å². The number of rotatable bonds is 28. The minimum atomic E-state index is -0.659. The number of esters is 1. The van der Waals surface area contributed by atoms with Gasteiger partial charge in [0, 0.05) is 25.2 Å². The normalized spacial score (nSPS) is 16.3. The molecule has 3 atom stereocenters. The summed E-state index contributed by atoms with van der Waals surface area (Å²) in [5.41, 5.74) is -1.02. The predicted octanol–water partition coefficient (Wildman–Crippen LogP) is 8.87. The van der Waals surface area contributed by atoms with Crippen LogP contribution in [0.3, 0.4) is 0 Å². The number of nitrogens with zero attached hydrogens (tertiary/aromatic N) is 3. The van der Waals surface area contributed by atoms with Crippen molar-refractivity contribution in [2.24, 2.45) is 0 Å². The number of carbonyl (C=O) groups excluding carboxylic acids is 1. The largest absolute Gasteiger partial charge is 0.481 e. The first kappa shape index (κ1) is 45.6. The topological polar surface area (TPSA) is 120 Å². The highest BCUT2D eigenvalue weighted by atomic mass is 16.5. The fraction of sp³-hybridized carbons (Fsp3) is 0.850. The van der Waals surface area contributed by atoms with Crippen molar-refractivity contribution in [3.63, 3.8) is 0 Å². The lowest BCUT2D eigenvalue weighted by Crippen LogP contribution is -2.42. The van der Waals surface area contributed by atoms with Crippen LogP contribution in [0.2, 0.25) is 0 Å². The minimum absolute atomic E-state index is 0.0395. The van der Waals surface area contributed by atoms with Crippen molar-refractivity contribution in [1.29, 1.82) is 0 Å². The number of carbonyl (C=O) groups is 2. The average molecular weight is 708 g/mol. The molecule has 2 heterocycles. The van der Waals surface area contributed by atoms with Crippen LogP contribution in [0.5, 0.6) is 0 Å². The number of hydrogen-bond acceptors (Lipinski definition) is 7. The van der Waals surface area contributed by atoms with Crippen LogP contribution in [0, 0.1) is 0 Å². The molecule has 0 saturated carbocycles. The van der Waals surface area contributed by atoms with Gasteiger partial charge in [0.05, 0.1) is 6.10 Å². The molecule has 0 radical (unpaired) electrons. The van der Waals surface area contributed by atoms with Crippen LogP contribution in [-0.4, -0.2) is 63.9 Å². The van der Waals surface area contributed by atoms with E-state index in [0.717, 1.165) is 75.3 Å². The second-order valence-electron chi connectivity index (χ2n) is 14.5. The van der Waals surface area contributed by atoms with Gasteiger partial charge in [-0.3, -0.25) is 19.0 Å². The predicted molar refractivity (Wildman–Crippen MR) is 203 cm³/mol. The average Bonchev–Trinajstić information content (AvgIpc) is 3.53. The second kappa shape index (κ2) is 29.2. The summed E-state index contributed by atoms with van der Waals surface area (Å²) in [6.45, 7) is 7.02. The van der Waals surface area contributed by atoms with E-state index in [4.69, 9.17) is 14.6 Å². The monoisotopic (exact) mass is 708 g/mol. The molecule has 0 bridgehead atoms. The Morgan fingerprint density at radius 3 is 1.82 bits per heavy atom. The van der Waals surface area contributed by atoms with Crippen LogP contribution < -0.4 is 11.2 Å². The first-order valence-corrected chi connectivity index (χ1v) is 20.2. The van der Waals surface area contributed by atoms with Gasteiger partial charge in [0.1, 0.15) is 18.9 Å².